The minimum absolute atomic E-state index is 0.147. The quantitative estimate of drug-likeness (QED) is 0.454. The van der Waals surface area contributed by atoms with Crippen LogP contribution in [0.4, 0.5) is 5.69 Å². The average Bonchev–Trinajstić information content (AvgIpc) is 3.43. The number of benzene rings is 2. The SMILES string of the molecule is Cc1cccc(-c2nc(C(C)C)no2)c1NC(=O)c1ccc(OCc2nccn2C)cc1. The van der Waals surface area contributed by atoms with Crippen molar-refractivity contribution in [1.82, 2.24) is 19.7 Å². The summed E-state index contributed by atoms with van der Waals surface area (Å²) in [5.74, 6) is 2.40. The molecule has 8 nitrogen and oxygen atoms in total. The summed E-state index contributed by atoms with van der Waals surface area (Å²) in [6, 6.07) is 12.7. The summed E-state index contributed by atoms with van der Waals surface area (Å²) in [7, 11) is 1.91. The molecule has 4 aromatic rings. The van der Waals surface area contributed by atoms with Crippen LogP contribution < -0.4 is 10.1 Å². The summed E-state index contributed by atoms with van der Waals surface area (Å²) < 4.78 is 13.1. The maximum Gasteiger partial charge on any atom is 0.260 e. The second-order valence-corrected chi connectivity index (χ2v) is 7.83. The molecular weight excluding hydrogens is 406 g/mol. The molecule has 0 aliphatic heterocycles. The number of anilines is 1. The highest BCUT2D eigenvalue weighted by Crippen LogP contribution is 2.31. The molecule has 0 aliphatic carbocycles. The van der Waals surface area contributed by atoms with E-state index in [9.17, 15) is 4.79 Å². The number of hydrogen-bond acceptors (Lipinski definition) is 6. The monoisotopic (exact) mass is 431 g/mol. The van der Waals surface area contributed by atoms with E-state index in [2.05, 4.69) is 20.4 Å². The van der Waals surface area contributed by atoms with Gasteiger partial charge in [-0.25, -0.2) is 4.98 Å². The third-order valence-electron chi connectivity index (χ3n) is 5.11. The van der Waals surface area contributed by atoms with Crippen molar-refractivity contribution in [2.24, 2.45) is 7.05 Å². The van der Waals surface area contributed by atoms with Gasteiger partial charge in [-0.2, -0.15) is 4.98 Å². The molecule has 0 saturated heterocycles. The van der Waals surface area contributed by atoms with Crippen LogP contribution in [0.2, 0.25) is 0 Å². The van der Waals surface area contributed by atoms with Gasteiger partial charge in [0.15, 0.2) is 5.82 Å². The molecule has 0 bridgehead atoms. The highest BCUT2D eigenvalue weighted by atomic mass is 16.5. The van der Waals surface area contributed by atoms with E-state index in [4.69, 9.17) is 9.26 Å². The number of ether oxygens (including phenoxy) is 1. The summed E-state index contributed by atoms with van der Waals surface area (Å²) in [6.45, 7) is 6.27. The summed E-state index contributed by atoms with van der Waals surface area (Å²) >= 11 is 0. The first-order valence-electron chi connectivity index (χ1n) is 10.4. The smallest absolute Gasteiger partial charge is 0.260 e. The number of nitrogens with zero attached hydrogens (tertiary/aromatic N) is 4. The van der Waals surface area contributed by atoms with Gasteiger partial charge in [0.05, 0.1) is 11.3 Å². The number of aryl methyl sites for hydroxylation is 2. The Hall–Kier alpha value is -3.94. The molecule has 0 unspecified atom stereocenters. The van der Waals surface area contributed by atoms with Crippen molar-refractivity contribution in [3.63, 3.8) is 0 Å². The third kappa shape index (κ3) is 4.54. The molecule has 0 radical (unpaired) electrons. The molecule has 164 valence electrons. The van der Waals surface area contributed by atoms with Crippen molar-refractivity contribution >= 4 is 11.6 Å². The normalized spacial score (nSPS) is 11.0. The van der Waals surface area contributed by atoms with Crippen LogP contribution in [0, 0.1) is 6.92 Å². The van der Waals surface area contributed by atoms with Crippen LogP contribution in [0.5, 0.6) is 5.75 Å². The van der Waals surface area contributed by atoms with Gasteiger partial charge < -0.3 is 19.1 Å². The number of hydrogen-bond donors (Lipinski definition) is 1. The number of nitrogens with one attached hydrogen (secondary N) is 1. The lowest BCUT2D eigenvalue weighted by Crippen LogP contribution is -2.13. The van der Waals surface area contributed by atoms with Crippen molar-refractivity contribution in [2.45, 2.75) is 33.3 Å². The van der Waals surface area contributed by atoms with E-state index in [1.165, 1.54) is 0 Å². The number of rotatable bonds is 7. The molecule has 32 heavy (non-hydrogen) atoms. The molecule has 1 N–H and O–H groups in total. The van der Waals surface area contributed by atoms with Crippen LogP contribution in [0.15, 0.2) is 59.4 Å². The summed E-state index contributed by atoms with van der Waals surface area (Å²) in [6.07, 6.45) is 3.59. The Morgan fingerprint density at radius 3 is 2.62 bits per heavy atom. The Morgan fingerprint density at radius 1 is 1.19 bits per heavy atom. The van der Waals surface area contributed by atoms with Gasteiger partial charge in [-0.1, -0.05) is 31.1 Å². The van der Waals surface area contributed by atoms with Gasteiger partial charge in [0.2, 0.25) is 0 Å². The number of para-hydroxylation sites is 1. The first-order valence-corrected chi connectivity index (χ1v) is 10.4. The molecule has 0 spiro atoms. The third-order valence-corrected chi connectivity index (χ3v) is 5.11. The fourth-order valence-electron chi connectivity index (χ4n) is 3.16. The predicted octanol–water partition coefficient (Wildman–Crippen LogP) is 4.73. The fraction of sp³-hybridized carbons (Fsp3) is 0.250. The molecular formula is C24H25N5O3. The second kappa shape index (κ2) is 9.05. The average molecular weight is 431 g/mol. The largest absolute Gasteiger partial charge is 0.486 e. The van der Waals surface area contributed by atoms with Crippen molar-refractivity contribution in [3.8, 4) is 17.2 Å². The van der Waals surface area contributed by atoms with E-state index in [1.807, 2.05) is 56.8 Å². The summed E-state index contributed by atoms with van der Waals surface area (Å²) in [5.41, 5.74) is 2.74. The van der Waals surface area contributed by atoms with Crippen LogP contribution in [0.3, 0.4) is 0 Å². The van der Waals surface area contributed by atoms with Gasteiger partial charge in [0, 0.05) is 30.9 Å². The highest BCUT2D eigenvalue weighted by molar-refractivity contribution is 6.06. The first kappa shape index (κ1) is 21.3. The number of amides is 1. The minimum Gasteiger partial charge on any atom is -0.486 e. The zero-order valence-electron chi connectivity index (χ0n) is 18.5. The minimum atomic E-state index is -0.236. The van der Waals surface area contributed by atoms with Crippen molar-refractivity contribution in [2.75, 3.05) is 5.32 Å². The molecule has 8 heteroatoms. The van der Waals surface area contributed by atoms with Gasteiger partial charge in [-0.3, -0.25) is 4.79 Å². The Bertz CT molecular complexity index is 1220. The van der Waals surface area contributed by atoms with Gasteiger partial charge in [0.1, 0.15) is 18.2 Å². The molecule has 0 fully saturated rings. The van der Waals surface area contributed by atoms with Crippen LogP contribution in [0.25, 0.3) is 11.5 Å². The van der Waals surface area contributed by atoms with E-state index >= 15 is 0 Å². The van der Waals surface area contributed by atoms with Crippen molar-refractivity contribution in [1.29, 1.82) is 0 Å². The number of carbonyl (C=O) groups excluding carboxylic acids is 1. The van der Waals surface area contributed by atoms with E-state index in [0.29, 0.717) is 40.9 Å². The lowest BCUT2D eigenvalue weighted by atomic mass is 10.1. The lowest BCUT2D eigenvalue weighted by Gasteiger charge is -2.12. The fourth-order valence-corrected chi connectivity index (χ4v) is 3.16. The molecule has 0 saturated carbocycles. The van der Waals surface area contributed by atoms with E-state index in [-0.39, 0.29) is 11.8 Å². The molecule has 1 amide bonds. The Kier molecular flexibility index (Phi) is 6.02. The summed E-state index contributed by atoms with van der Waals surface area (Å²) in [5, 5.41) is 7.02. The van der Waals surface area contributed by atoms with Gasteiger partial charge in [-0.15, -0.1) is 0 Å². The maximum atomic E-state index is 12.9. The standard InChI is InChI=1S/C24H25N5O3/c1-15(2)22-27-24(32-28-22)19-7-5-6-16(3)21(19)26-23(30)17-8-10-18(11-9-17)31-14-20-25-12-13-29(20)4/h5-13,15H,14H2,1-4H3,(H,26,30). The molecule has 4 rings (SSSR count). The molecule has 2 heterocycles. The van der Waals surface area contributed by atoms with Gasteiger partial charge >= 0.3 is 0 Å². The number of carbonyl (C=O) groups is 1. The Labute approximate surface area is 186 Å². The Balaban J connectivity index is 1.49. The highest BCUT2D eigenvalue weighted by Gasteiger charge is 2.18. The zero-order chi connectivity index (χ0) is 22.7. The van der Waals surface area contributed by atoms with Crippen LogP contribution >= 0.6 is 0 Å². The Morgan fingerprint density at radius 2 is 1.97 bits per heavy atom. The first-order chi connectivity index (χ1) is 15.4. The van der Waals surface area contributed by atoms with Crippen molar-refractivity contribution in [3.05, 3.63) is 77.6 Å². The molecule has 2 aromatic carbocycles. The predicted molar refractivity (Wildman–Crippen MR) is 120 cm³/mol. The number of aromatic nitrogens is 4. The van der Waals surface area contributed by atoms with Gasteiger partial charge in [0.25, 0.3) is 11.8 Å². The van der Waals surface area contributed by atoms with E-state index in [1.54, 1.807) is 30.5 Å². The van der Waals surface area contributed by atoms with Crippen molar-refractivity contribution < 1.29 is 14.1 Å². The van der Waals surface area contributed by atoms with Crippen LogP contribution in [-0.2, 0) is 13.7 Å². The topological polar surface area (TPSA) is 95.1 Å². The summed E-state index contributed by atoms with van der Waals surface area (Å²) in [4.78, 5) is 21.6. The molecule has 0 atom stereocenters. The maximum absolute atomic E-state index is 12.9. The van der Waals surface area contributed by atoms with E-state index < -0.39 is 0 Å². The van der Waals surface area contributed by atoms with Crippen LogP contribution in [-0.4, -0.2) is 25.6 Å². The lowest BCUT2D eigenvalue weighted by molar-refractivity contribution is 0.102. The number of imidazole rings is 1. The molecule has 0 aliphatic rings. The second-order valence-electron chi connectivity index (χ2n) is 7.83. The van der Waals surface area contributed by atoms with Crippen LogP contribution in [0.1, 0.15) is 47.3 Å². The van der Waals surface area contributed by atoms with E-state index in [0.717, 1.165) is 11.4 Å². The molecule has 2 aromatic heterocycles. The van der Waals surface area contributed by atoms with Gasteiger partial charge in [-0.05, 0) is 42.8 Å². The zero-order valence-corrected chi connectivity index (χ0v) is 18.5.